The van der Waals surface area contributed by atoms with Crippen LogP contribution in [0.2, 0.25) is 0 Å². The van der Waals surface area contributed by atoms with Crippen molar-refractivity contribution >= 4 is 10.9 Å². The highest BCUT2D eigenvalue weighted by molar-refractivity contribution is 5.81. The van der Waals surface area contributed by atoms with E-state index in [1.54, 1.807) is 0 Å². The average molecular weight is 286 g/mol. The smallest absolute Gasteiger partial charge is 0.0719 e. The van der Waals surface area contributed by atoms with Crippen LogP contribution in [0.15, 0.2) is 24.3 Å². The van der Waals surface area contributed by atoms with Crippen molar-refractivity contribution in [2.45, 2.75) is 45.1 Å². The third-order valence-corrected chi connectivity index (χ3v) is 5.19. The van der Waals surface area contributed by atoms with Gasteiger partial charge in [-0.1, -0.05) is 38.0 Å². The Hall–Kier alpha value is -1.39. The third-order valence-electron chi connectivity index (χ3n) is 5.19. The molecule has 1 saturated carbocycles. The number of fused-ring (bicyclic) bond motifs is 1. The number of nitrogens with zero attached hydrogens (tertiary/aromatic N) is 2. The maximum absolute atomic E-state index is 5.85. The number of rotatable bonds is 5. The fourth-order valence-corrected chi connectivity index (χ4v) is 3.86. The lowest BCUT2D eigenvalue weighted by atomic mass is 9.92. The van der Waals surface area contributed by atoms with Crippen molar-refractivity contribution in [3.05, 3.63) is 30.0 Å². The maximum atomic E-state index is 5.85. The van der Waals surface area contributed by atoms with E-state index < -0.39 is 0 Å². The van der Waals surface area contributed by atoms with Gasteiger partial charge in [-0.2, -0.15) is 5.10 Å². The molecule has 1 heterocycles. The van der Waals surface area contributed by atoms with Gasteiger partial charge in [0.1, 0.15) is 0 Å². The minimum Gasteiger partial charge on any atom is -0.271 e. The summed E-state index contributed by atoms with van der Waals surface area (Å²) in [5, 5.41) is 5.96. The van der Waals surface area contributed by atoms with Crippen LogP contribution in [0.3, 0.4) is 0 Å². The quantitative estimate of drug-likeness (QED) is 0.656. The summed E-state index contributed by atoms with van der Waals surface area (Å²) in [5.41, 5.74) is 5.42. The van der Waals surface area contributed by atoms with Crippen molar-refractivity contribution in [2.24, 2.45) is 24.7 Å². The molecule has 3 N–H and O–H groups in total. The second kappa shape index (κ2) is 6.16. The van der Waals surface area contributed by atoms with Gasteiger partial charge in [-0.15, -0.1) is 0 Å². The largest absolute Gasteiger partial charge is 0.271 e. The zero-order chi connectivity index (χ0) is 14.8. The van der Waals surface area contributed by atoms with Crippen molar-refractivity contribution in [3.63, 3.8) is 0 Å². The first-order chi connectivity index (χ1) is 10.2. The van der Waals surface area contributed by atoms with E-state index in [0.29, 0.717) is 12.0 Å². The summed E-state index contributed by atoms with van der Waals surface area (Å²) in [4.78, 5) is 0. The Bertz CT molecular complexity index is 604. The van der Waals surface area contributed by atoms with E-state index in [4.69, 9.17) is 10.9 Å². The van der Waals surface area contributed by atoms with Crippen molar-refractivity contribution in [1.29, 1.82) is 0 Å². The van der Waals surface area contributed by atoms with Crippen LogP contribution >= 0.6 is 0 Å². The lowest BCUT2D eigenvalue weighted by Crippen LogP contribution is -2.42. The molecular weight excluding hydrogens is 260 g/mol. The number of hydrazine groups is 1. The van der Waals surface area contributed by atoms with Gasteiger partial charge in [0.25, 0.3) is 0 Å². The van der Waals surface area contributed by atoms with Gasteiger partial charge in [-0.3, -0.25) is 16.0 Å². The summed E-state index contributed by atoms with van der Waals surface area (Å²) in [5.74, 6) is 7.42. The van der Waals surface area contributed by atoms with Crippen LogP contribution in [0.5, 0.6) is 0 Å². The number of benzene rings is 1. The van der Waals surface area contributed by atoms with Gasteiger partial charge >= 0.3 is 0 Å². The summed E-state index contributed by atoms with van der Waals surface area (Å²) < 4.78 is 1.97. The van der Waals surface area contributed by atoms with Gasteiger partial charge in [0, 0.05) is 24.9 Å². The number of hydrogen-bond donors (Lipinski definition) is 2. The van der Waals surface area contributed by atoms with Gasteiger partial charge in [0.15, 0.2) is 0 Å². The van der Waals surface area contributed by atoms with Crippen molar-refractivity contribution in [1.82, 2.24) is 15.2 Å². The molecule has 1 aromatic heterocycles. The predicted octanol–water partition coefficient (Wildman–Crippen LogP) is 2.77. The molecule has 0 spiro atoms. The normalized spacial score (nSPS) is 23.8. The topological polar surface area (TPSA) is 55.9 Å². The summed E-state index contributed by atoms with van der Waals surface area (Å²) in [6.45, 7) is 2.30. The van der Waals surface area contributed by atoms with Crippen LogP contribution in [0, 0.1) is 11.8 Å². The highest BCUT2D eigenvalue weighted by Crippen LogP contribution is 2.36. The Morgan fingerprint density at radius 1 is 1.38 bits per heavy atom. The molecule has 4 nitrogen and oxygen atoms in total. The second-order valence-corrected chi connectivity index (χ2v) is 6.41. The Morgan fingerprint density at radius 2 is 2.19 bits per heavy atom. The lowest BCUT2D eigenvalue weighted by molar-refractivity contribution is 0.346. The fraction of sp³-hybridized carbons (Fsp3) is 0.588. The highest BCUT2D eigenvalue weighted by Gasteiger charge is 2.30. The Balaban J connectivity index is 1.80. The molecule has 0 bridgehead atoms. The first-order valence-corrected chi connectivity index (χ1v) is 8.09. The van der Waals surface area contributed by atoms with Gasteiger partial charge < -0.3 is 0 Å². The zero-order valence-electron chi connectivity index (χ0n) is 13.0. The molecule has 114 valence electrons. The van der Waals surface area contributed by atoms with Crippen molar-refractivity contribution < 1.29 is 0 Å². The van der Waals surface area contributed by atoms with Gasteiger partial charge in [0.05, 0.1) is 11.2 Å². The molecule has 0 radical (unpaired) electrons. The molecule has 2 aromatic rings. The molecule has 0 saturated heterocycles. The Labute approximate surface area is 126 Å². The molecule has 3 atom stereocenters. The van der Waals surface area contributed by atoms with E-state index >= 15 is 0 Å². The van der Waals surface area contributed by atoms with Gasteiger partial charge in [-0.25, -0.2) is 0 Å². The number of aromatic nitrogens is 2. The summed E-state index contributed by atoms with van der Waals surface area (Å²) >= 11 is 0. The third kappa shape index (κ3) is 2.83. The number of nitrogens with two attached hydrogens (primary N) is 1. The number of para-hydroxylation sites is 1. The molecule has 4 heteroatoms. The Kier molecular flexibility index (Phi) is 4.27. The lowest BCUT2D eigenvalue weighted by Gasteiger charge is -2.22. The van der Waals surface area contributed by atoms with Crippen LogP contribution in [-0.2, 0) is 13.5 Å². The second-order valence-electron chi connectivity index (χ2n) is 6.41. The molecular formula is C17H26N4. The molecule has 1 fully saturated rings. The van der Waals surface area contributed by atoms with E-state index in [0.717, 1.165) is 18.0 Å². The minimum atomic E-state index is 0.333. The molecule has 3 rings (SSSR count). The molecule has 0 aliphatic heterocycles. The molecule has 1 aliphatic rings. The van der Waals surface area contributed by atoms with E-state index in [-0.39, 0.29) is 0 Å². The van der Waals surface area contributed by atoms with E-state index in [2.05, 4.69) is 36.6 Å². The maximum Gasteiger partial charge on any atom is 0.0719 e. The first-order valence-electron chi connectivity index (χ1n) is 8.09. The van der Waals surface area contributed by atoms with Crippen LogP contribution in [0.25, 0.3) is 10.9 Å². The van der Waals surface area contributed by atoms with E-state index in [1.807, 2.05) is 11.7 Å². The van der Waals surface area contributed by atoms with Crippen LogP contribution in [0.1, 0.15) is 38.3 Å². The number of hydrogen-bond acceptors (Lipinski definition) is 3. The first kappa shape index (κ1) is 14.5. The zero-order valence-corrected chi connectivity index (χ0v) is 13.0. The van der Waals surface area contributed by atoms with E-state index in [1.165, 1.54) is 36.6 Å². The van der Waals surface area contributed by atoms with Crippen molar-refractivity contribution in [2.75, 3.05) is 0 Å². The average Bonchev–Trinajstić information content (AvgIpc) is 3.11. The molecule has 1 aliphatic carbocycles. The predicted molar refractivity (Wildman–Crippen MR) is 86.7 cm³/mol. The summed E-state index contributed by atoms with van der Waals surface area (Å²) in [7, 11) is 2.01. The number of nitrogens with one attached hydrogen (secondary N) is 1. The Morgan fingerprint density at radius 3 is 2.90 bits per heavy atom. The van der Waals surface area contributed by atoms with Gasteiger partial charge in [-0.05, 0) is 30.7 Å². The summed E-state index contributed by atoms with van der Waals surface area (Å²) in [6, 6.07) is 8.77. The SMILES string of the molecule is CCC1CCC(C(Cc2nn(C)c3ccccc23)NN)C1. The van der Waals surface area contributed by atoms with Crippen LogP contribution in [-0.4, -0.2) is 15.8 Å². The number of aryl methyl sites for hydroxylation is 1. The van der Waals surface area contributed by atoms with Crippen LogP contribution in [0.4, 0.5) is 0 Å². The molecule has 3 unspecified atom stereocenters. The van der Waals surface area contributed by atoms with E-state index in [9.17, 15) is 0 Å². The monoisotopic (exact) mass is 286 g/mol. The highest BCUT2D eigenvalue weighted by atomic mass is 15.3. The molecule has 1 aromatic carbocycles. The molecule has 0 amide bonds. The standard InChI is InChI=1S/C17H26N4/c1-3-12-8-9-13(10-12)15(19-18)11-16-14-6-4-5-7-17(14)21(2)20-16/h4-7,12-13,15,19H,3,8-11,18H2,1-2H3. The van der Waals surface area contributed by atoms with Crippen LogP contribution < -0.4 is 11.3 Å². The minimum absolute atomic E-state index is 0.333. The van der Waals surface area contributed by atoms with Gasteiger partial charge in [0.2, 0.25) is 0 Å². The van der Waals surface area contributed by atoms with Crippen molar-refractivity contribution in [3.8, 4) is 0 Å². The summed E-state index contributed by atoms with van der Waals surface area (Å²) in [6.07, 6.45) is 6.15. The molecule has 21 heavy (non-hydrogen) atoms. The fourth-order valence-electron chi connectivity index (χ4n) is 3.86.